The summed E-state index contributed by atoms with van der Waals surface area (Å²) < 4.78 is 0. The molecule has 2 heterocycles. The molecule has 2 heteroatoms. The third-order valence-electron chi connectivity index (χ3n) is 4.54. The molecule has 0 aliphatic carbocycles. The lowest BCUT2D eigenvalue weighted by molar-refractivity contribution is -0.00471. The molecule has 17 heavy (non-hydrogen) atoms. The van der Waals surface area contributed by atoms with Gasteiger partial charge in [0.15, 0.2) is 0 Å². The van der Waals surface area contributed by atoms with E-state index in [0.717, 1.165) is 12.5 Å². The van der Waals surface area contributed by atoms with Crippen molar-refractivity contribution in [2.75, 3.05) is 19.6 Å². The Labute approximate surface area is 106 Å². The van der Waals surface area contributed by atoms with Crippen LogP contribution in [0, 0.1) is 12.3 Å². The largest absolute Gasteiger partial charge is 0.298 e. The summed E-state index contributed by atoms with van der Waals surface area (Å²) in [6, 6.07) is 1.79. The molecular weight excluding hydrogens is 208 g/mol. The fourth-order valence-corrected chi connectivity index (χ4v) is 3.47. The smallest absolute Gasteiger partial charge is 0.0712 e. The van der Waals surface area contributed by atoms with Crippen LogP contribution < -0.4 is 0 Å². The molecule has 0 aromatic heterocycles. The van der Waals surface area contributed by atoms with Gasteiger partial charge in [0.1, 0.15) is 0 Å². The van der Waals surface area contributed by atoms with Gasteiger partial charge in [-0.05, 0) is 32.2 Å². The molecule has 2 rings (SSSR count). The van der Waals surface area contributed by atoms with Crippen LogP contribution in [-0.2, 0) is 0 Å². The summed E-state index contributed by atoms with van der Waals surface area (Å²) in [5.74, 6) is 2.99. The second-order valence-corrected chi connectivity index (χ2v) is 5.49. The maximum atomic E-state index is 5.69. The zero-order chi connectivity index (χ0) is 12.3. The predicted molar refractivity (Wildman–Crippen MR) is 72.9 cm³/mol. The van der Waals surface area contributed by atoms with Crippen molar-refractivity contribution in [2.45, 2.75) is 64.1 Å². The first-order valence-corrected chi connectivity index (χ1v) is 7.26. The van der Waals surface area contributed by atoms with Gasteiger partial charge in [0.25, 0.3) is 0 Å². The van der Waals surface area contributed by atoms with Crippen molar-refractivity contribution >= 4 is 0 Å². The van der Waals surface area contributed by atoms with Gasteiger partial charge in [-0.25, -0.2) is 0 Å². The summed E-state index contributed by atoms with van der Waals surface area (Å²) >= 11 is 0. The highest BCUT2D eigenvalue weighted by atomic mass is 15.3. The Balaban J connectivity index is 2.07. The van der Waals surface area contributed by atoms with Crippen LogP contribution in [0.15, 0.2) is 0 Å². The molecule has 3 unspecified atom stereocenters. The normalized spacial score (nSPS) is 32.8. The lowest BCUT2D eigenvalue weighted by Gasteiger charge is -2.50. The standard InChI is InChI=1S/C15H26N2/c1-4-13(5-2)17-12-15-9-7-8-10-16(15)11-14(17)6-3/h1,13-15H,5-12H2,2-3H3. The molecule has 0 spiro atoms. The summed E-state index contributed by atoms with van der Waals surface area (Å²) in [7, 11) is 0. The van der Waals surface area contributed by atoms with Gasteiger partial charge in [-0.2, -0.15) is 0 Å². The molecule has 2 aliphatic heterocycles. The summed E-state index contributed by atoms with van der Waals surface area (Å²) in [4.78, 5) is 5.31. The van der Waals surface area contributed by atoms with Gasteiger partial charge in [-0.1, -0.05) is 26.2 Å². The van der Waals surface area contributed by atoms with E-state index >= 15 is 0 Å². The lowest BCUT2D eigenvalue weighted by Crippen LogP contribution is -2.61. The molecule has 96 valence electrons. The highest BCUT2D eigenvalue weighted by Gasteiger charge is 2.36. The van der Waals surface area contributed by atoms with Gasteiger partial charge in [0, 0.05) is 25.2 Å². The van der Waals surface area contributed by atoms with E-state index in [0.29, 0.717) is 12.1 Å². The Kier molecular flexibility index (Phi) is 4.48. The van der Waals surface area contributed by atoms with Crippen molar-refractivity contribution < 1.29 is 0 Å². The van der Waals surface area contributed by atoms with E-state index in [9.17, 15) is 0 Å². The van der Waals surface area contributed by atoms with Crippen LogP contribution in [0.3, 0.4) is 0 Å². The van der Waals surface area contributed by atoms with E-state index in [1.807, 2.05) is 0 Å². The van der Waals surface area contributed by atoms with Gasteiger partial charge in [-0.3, -0.25) is 9.80 Å². The third kappa shape index (κ3) is 2.67. The van der Waals surface area contributed by atoms with Gasteiger partial charge in [-0.15, -0.1) is 6.42 Å². The second-order valence-electron chi connectivity index (χ2n) is 5.49. The Morgan fingerprint density at radius 2 is 2.12 bits per heavy atom. The maximum Gasteiger partial charge on any atom is 0.0712 e. The summed E-state index contributed by atoms with van der Waals surface area (Å²) in [6.07, 6.45) is 12.2. The predicted octanol–water partition coefficient (Wildman–Crippen LogP) is 2.35. The van der Waals surface area contributed by atoms with E-state index in [1.165, 1.54) is 45.3 Å². The number of fused-ring (bicyclic) bond motifs is 1. The van der Waals surface area contributed by atoms with Crippen LogP contribution in [0.2, 0.25) is 0 Å². The molecule has 0 radical (unpaired) electrons. The summed E-state index contributed by atoms with van der Waals surface area (Å²) in [5, 5.41) is 0. The van der Waals surface area contributed by atoms with E-state index in [1.54, 1.807) is 0 Å². The van der Waals surface area contributed by atoms with Crippen LogP contribution in [0.1, 0.15) is 46.0 Å². The Hall–Kier alpha value is -0.520. The zero-order valence-electron chi connectivity index (χ0n) is 11.4. The average molecular weight is 234 g/mol. The fraction of sp³-hybridized carbons (Fsp3) is 0.867. The molecule has 0 amide bonds. The number of terminal acetylenes is 1. The molecule has 3 atom stereocenters. The van der Waals surface area contributed by atoms with E-state index in [4.69, 9.17) is 6.42 Å². The number of piperidine rings is 1. The SMILES string of the molecule is C#CC(CC)N1CC2CCCCN2CC1CC. The van der Waals surface area contributed by atoms with E-state index in [2.05, 4.69) is 29.6 Å². The molecule has 0 bridgehead atoms. The topological polar surface area (TPSA) is 6.48 Å². The van der Waals surface area contributed by atoms with Crippen molar-refractivity contribution in [3.8, 4) is 12.3 Å². The number of hydrogen-bond acceptors (Lipinski definition) is 2. The van der Waals surface area contributed by atoms with Crippen LogP contribution in [-0.4, -0.2) is 47.6 Å². The van der Waals surface area contributed by atoms with Crippen molar-refractivity contribution in [2.24, 2.45) is 0 Å². The highest BCUT2D eigenvalue weighted by Crippen LogP contribution is 2.27. The van der Waals surface area contributed by atoms with E-state index < -0.39 is 0 Å². The molecule has 2 fully saturated rings. The van der Waals surface area contributed by atoms with Crippen LogP contribution in [0.5, 0.6) is 0 Å². The van der Waals surface area contributed by atoms with Gasteiger partial charge in [0.2, 0.25) is 0 Å². The molecule has 0 aromatic carbocycles. The van der Waals surface area contributed by atoms with Crippen molar-refractivity contribution in [3.63, 3.8) is 0 Å². The van der Waals surface area contributed by atoms with E-state index in [-0.39, 0.29) is 0 Å². The Morgan fingerprint density at radius 3 is 2.76 bits per heavy atom. The molecule has 0 aromatic rings. The number of hydrogen-bond donors (Lipinski definition) is 0. The first-order valence-electron chi connectivity index (χ1n) is 7.26. The second kappa shape index (κ2) is 5.89. The summed E-state index contributed by atoms with van der Waals surface area (Å²) in [6.45, 7) is 8.25. The molecule has 0 N–H and O–H groups in total. The Bertz CT molecular complexity index is 281. The highest BCUT2D eigenvalue weighted by molar-refractivity contribution is 5.04. The number of nitrogens with zero attached hydrogens (tertiary/aromatic N) is 2. The van der Waals surface area contributed by atoms with Crippen LogP contribution in [0.4, 0.5) is 0 Å². The maximum absolute atomic E-state index is 5.69. The summed E-state index contributed by atoms with van der Waals surface area (Å²) in [5.41, 5.74) is 0. The van der Waals surface area contributed by atoms with Gasteiger partial charge in [0.05, 0.1) is 6.04 Å². The van der Waals surface area contributed by atoms with Crippen LogP contribution in [0.25, 0.3) is 0 Å². The quantitative estimate of drug-likeness (QED) is 0.692. The fourth-order valence-electron chi connectivity index (χ4n) is 3.47. The van der Waals surface area contributed by atoms with Crippen molar-refractivity contribution in [1.29, 1.82) is 0 Å². The molecule has 2 aliphatic rings. The first kappa shape index (κ1) is 12.9. The minimum Gasteiger partial charge on any atom is -0.298 e. The van der Waals surface area contributed by atoms with Gasteiger partial charge >= 0.3 is 0 Å². The van der Waals surface area contributed by atoms with Crippen LogP contribution >= 0.6 is 0 Å². The Morgan fingerprint density at radius 1 is 1.29 bits per heavy atom. The molecule has 2 saturated heterocycles. The van der Waals surface area contributed by atoms with Gasteiger partial charge < -0.3 is 0 Å². The number of rotatable bonds is 3. The minimum absolute atomic E-state index is 0.351. The lowest BCUT2D eigenvalue weighted by atomic mass is 9.94. The zero-order valence-corrected chi connectivity index (χ0v) is 11.4. The van der Waals surface area contributed by atoms with Crippen molar-refractivity contribution in [1.82, 2.24) is 9.80 Å². The molecule has 0 saturated carbocycles. The average Bonchev–Trinajstić information content (AvgIpc) is 2.39. The monoisotopic (exact) mass is 234 g/mol. The van der Waals surface area contributed by atoms with Crippen molar-refractivity contribution in [3.05, 3.63) is 0 Å². The minimum atomic E-state index is 0.351. The third-order valence-corrected chi connectivity index (χ3v) is 4.54. The first-order chi connectivity index (χ1) is 8.30. The number of piperazine rings is 1. The molecule has 2 nitrogen and oxygen atoms in total. The molecular formula is C15H26N2.